The number of ether oxygens (including phenoxy) is 1. The van der Waals surface area contributed by atoms with Gasteiger partial charge in [0.15, 0.2) is 11.7 Å². The molecule has 33 heavy (non-hydrogen) atoms. The first kappa shape index (κ1) is 22.3. The van der Waals surface area contributed by atoms with Crippen molar-refractivity contribution < 1.29 is 18.7 Å². The van der Waals surface area contributed by atoms with Gasteiger partial charge in [0.25, 0.3) is 5.91 Å². The normalized spacial score (nSPS) is 17.2. The van der Waals surface area contributed by atoms with Crippen LogP contribution >= 0.6 is 0 Å². The van der Waals surface area contributed by atoms with E-state index >= 15 is 0 Å². The SMILES string of the molecule is Cn1c(=O)oc2ccc(-c3ccc(C[C@@H](C#N)NC(=O)C4CN(C=O)CCCO4)cc3)cc21. The molecule has 1 N–H and O–H groups in total. The van der Waals surface area contributed by atoms with Crippen molar-refractivity contribution in [1.29, 1.82) is 5.26 Å². The predicted molar refractivity (Wildman–Crippen MR) is 120 cm³/mol. The molecule has 0 saturated carbocycles. The molecule has 0 aliphatic carbocycles. The maximum Gasteiger partial charge on any atom is 0.419 e. The van der Waals surface area contributed by atoms with Gasteiger partial charge in [-0.25, -0.2) is 4.79 Å². The number of rotatable bonds is 6. The van der Waals surface area contributed by atoms with Gasteiger partial charge in [-0.3, -0.25) is 14.2 Å². The van der Waals surface area contributed by atoms with Gasteiger partial charge in [-0.15, -0.1) is 0 Å². The standard InChI is InChI=1S/C24H24N4O5/c1-27-20-12-18(7-8-21(20)33-24(27)31)17-5-3-16(4-6-17)11-19(13-25)26-23(30)22-14-28(15-29)9-2-10-32-22/h3-8,12,15,19,22H,2,9-11,14H2,1H3,(H,26,30)/t19-,22?/m0/s1. The van der Waals surface area contributed by atoms with E-state index < -0.39 is 23.8 Å². The molecule has 1 aliphatic heterocycles. The summed E-state index contributed by atoms with van der Waals surface area (Å²) in [6.07, 6.45) is 0.926. The van der Waals surface area contributed by atoms with Crippen LogP contribution in [0.25, 0.3) is 22.2 Å². The number of aromatic nitrogens is 1. The van der Waals surface area contributed by atoms with Crippen molar-refractivity contribution in [2.75, 3.05) is 19.7 Å². The topological polar surface area (TPSA) is 118 Å². The molecule has 3 aromatic rings. The van der Waals surface area contributed by atoms with E-state index in [1.54, 1.807) is 13.1 Å². The number of benzene rings is 2. The highest BCUT2D eigenvalue weighted by atomic mass is 16.5. The minimum absolute atomic E-state index is 0.175. The highest BCUT2D eigenvalue weighted by Crippen LogP contribution is 2.24. The molecule has 9 nitrogen and oxygen atoms in total. The quantitative estimate of drug-likeness (QED) is 0.573. The smallest absolute Gasteiger partial charge is 0.408 e. The van der Waals surface area contributed by atoms with Crippen LogP contribution in [0.15, 0.2) is 51.7 Å². The lowest BCUT2D eigenvalue weighted by Gasteiger charge is -2.21. The summed E-state index contributed by atoms with van der Waals surface area (Å²) in [6.45, 7) is 1.11. The van der Waals surface area contributed by atoms with Crippen molar-refractivity contribution in [2.45, 2.75) is 25.0 Å². The molecule has 0 spiro atoms. The summed E-state index contributed by atoms with van der Waals surface area (Å²) in [6, 6.07) is 14.6. The van der Waals surface area contributed by atoms with E-state index in [0.717, 1.165) is 16.7 Å². The molecule has 2 amide bonds. The number of aryl methyl sites for hydroxylation is 1. The highest BCUT2D eigenvalue weighted by molar-refractivity contribution is 5.82. The third-order valence-electron chi connectivity index (χ3n) is 5.74. The number of hydrogen-bond acceptors (Lipinski definition) is 6. The lowest BCUT2D eigenvalue weighted by molar-refractivity contribution is -0.134. The first-order valence-corrected chi connectivity index (χ1v) is 10.7. The van der Waals surface area contributed by atoms with Crippen molar-refractivity contribution in [3.63, 3.8) is 0 Å². The Morgan fingerprint density at radius 2 is 2.03 bits per heavy atom. The second-order valence-corrected chi connectivity index (χ2v) is 8.01. The largest absolute Gasteiger partial charge is 0.419 e. The fourth-order valence-electron chi connectivity index (χ4n) is 3.87. The van der Waals surface area contributed by atoms with Crippen LogP contribution in [0.1, 0.15) is 12.0 Å². The number of nitrogens with one attached hydrogen (secondary N) is 1. The summed E-state index contributed by atoms with van der Waals surface area (Å²) in [4.78, 5) is 36.9. The molecule has 9 heteroatoms. The number of amides is 2. The van der Waals surface area contributed by atoms with Crippen molar-refractivity contribution in [2.24, 2.45) is 7.05 Å². The molecular weight excluding hydrogens is 424 g/mol. The molecular formula is C24H24N4O5. The Morgan fingerprint density at radius 3 is 2.76 bits per heavy atom. The van der Waals surface area contributed by atoms with E-state index in [9.17, 15) is 19.6 Å². The molecule has 0 radical (unpaired) electrons. The molecule has 1 unspecified atom stereocenters. The molecule has 4 rings (SSSR count). The average Bonchev–Trinajstić information content (AvgIpc) is 2.99. The van der Waals surface area contributed by atoms with Crippen molar-refractivity contribution in [3.05, 3.63) is 58.6 Å². The first-order valence-electron chi connectivity index (χ1n) is 10.7. The van der Waals surface area contributed by atoms with E-state index in [-0.39, 0.29) is 6.54 Å². The molecule has 0 bridgehead atoms. The van der Waals surface area contributed by atoms with Crippen LogP contribution in [0.2, 0.25) is 0 Å². The zero-order chi connectivity index (χ0) is 23.4. The molecule has 1 aromatic heterocycles. The third-order valence-corrected chi connectivity index (χ3v) is 5.74. The molecule has 2 heterocycles. The number of carbonyl (C=O) groups is 2. The number of oxazole rings is 1. The monoisotopic (exact) mass is 448 g/mol. The van der Waals surface area contributed by atoms with Crippen molar-refractivity contribution in [1.82, 2.24) is 14.8 Å². The Balaban J connectivity index is 1.42. The minimum atomic E-state index is -0.787. The minimum Gasteiger partial charge on any atom is -0.408 e. The van der Waals surface area contributed by atoms with Gasteiger partial charge >= 0.3 is 5.76 Å². The van der Waals surface area contributed by atoms with E-state index in [1.807, 2.05) is 36.4 Å². The van der Waals surface area contributed by atoms with Gasteiger partial charge in [-0.05, 0) is 35.2 Å². The van der Waals surface area contributed by atoms with E-state index in [1.165, 1.54) is 9.47 Å². The predicted octanol–water partition coefficient (Wildman–Crippen LogP) is 1.60. The maximum atomic E-state index is 12.6. The third kappa shape index (κ3) is 4.96. The molecule has 2 atom stereocenters. The van der Waals surface area contributed by atoms with Crippen LogP contribution in [0.3, 0.4) is 0 Å². The molecule has 1 saturated heterocycles. The summed E-state index contributed by atoms with van der Waals surface area (Å²) >= 11 is 0. The maximum absolute atomic E-state index is 12.6. The number of carbonyl (C=O) groups excluding carboxylic acids is 2. The van der Waals surface area contributed by atoms with Crippen LogP contribution in [-0.4, -0.2) is 53.6 Å². The Bertz CT molecular complexity index is 1250. The zero-order valence-corrected chi connectivity index (χ0v) is 18.2. The molecule has 1 fully saturated rings. The highest BCUT2D eigenvalue weighted by Gasteiger charge is 2.26. The lowest BCUT2D eigenvalue weighted by Crippen LogP contribution is -2.46. The Morgan fingerprint density at radius 1 is 1.27 bits per heavy atom. The van der Waals surface area contributed by atoms with Gasteiger partial charge in [0.05, 0.1) is 18.1 Å². The van der Waals surface area contributed by atoms with Crippen LogP contribution in [-0.2, 0) is 27.8 Å². The summed E-state index contributed by atoms with van der Waals surface area (Å²) in [5.74, 6) is -0.804. The lowest BCUT2D eigenvalue weighted by atomic mass is 10.0. The van der Waals surface area contributed by atoms with Gasteiger partial charge in [0.2, 0.25) is 6.41 Å². The first-order chi connectivity index (χ1) is 16.0. The second-order valence-electron chi connectivity index (χ2n) is 8.01. The number of fused-ring (bicyclic) bond motifs is 1. The van der Waals surface area contributed by atoms with Crippen LogP contribution in [0.5, 0.6) is 0 Å². The summed E-state index contributed by atoms with van der Waals surface area (Å²) in [7, 11) is 1.66. The molecule has 1 aliphatic rings. The van der Waals surface area contributed by atoms with Gasteiger partial charge in [-0.2, -0.15) is 5.26 Å². The van der Waals surface area contributed by atoms with Gasteiger partial charge in [-0.1, -0.05) is 30.3 Å². The van der Waals surface area contributed by atoms with Crippen LogP contribution < -0.4 is 11.1 Å². The Kier molecular flexibility index (Phi) is 6.56. The van der Waals surface area contributed by atoms with Gasteiger partial charge < -0.3 is 19.4 Å². The second kappa shape index (κ2) is 9.71. The molecule has 170 valence electrons. The van der Waals surface area contributed by atoms with E-state index in [0.29, 0.717) is 43.5 Å². The van der Waals surface area contributed by atoms with Crippen LogP contribution in [0, 0.1) is 11.3 Å². The summed E-state index contributed by atoms with van der Waals surface area (Å²) < 4.78 is 12.2. The number of nitrogens with zero attached hydrogens (tertiary/aromatic N) is 3. The van der Waals surface area contributed by atoms with Gasteiger partial charge in [0, 0.05) is 26.6 Å². The van der Waals surface area contributed by atoms with Crippen molar-refractivity contribution in [3.8, 4) is 17.2 Å². The number of hydrogen-bond donors (Lipinski definition) is 1. The van der Waals surface area contributed by atoms with E-state index in [4.69, 9.17) is 9.15 Å². The van der Waals surface area contributed by atoms with Gasteiger partial charge in [0.1, 0.15) is 6.04 Å². The van der Waals surface area contributed by atoms with E-state index in [2.05, 4.69) is 11.4 Å². The Labute approximate surface area is 190 Å². The molecule has 2 aromatic carbocycles. The summed E-state index contributed by atoms with van der Waals surface area (Å²) in [5, 5.41) is 12.3. The fourth-order valence-corrected chi connectivity index (χ4v) is 3.87. The number of nitriles is 1. The van der Waals surface area contributed by atoms with Crippen LogP contribution in [0.4, 0.5) is 0 Å². The van der Waals surface area contributed by atoms with Crippen molar-refractivity contribution >= 4 is 23.4 Å². The summed E-state index contributed by atoms with van der Waals surface area (Å²) in [5.41, 5.74) is 4.01. The average molecular weight is 448 g/mol. The Hall–Kier alpha value is -3.90. The zero-order valence-electron chi connectivity index (χ0n) is 18.2. The fraction of sp³-hybridized carbons (Fsp3) is 0.333.